The molecule has 0 atom stereocenters. The number of hydrogen-bond donors (Lipinski definition) is 0. The fourth-order valence-corrected chi connectivity index (χ4v) is 2.81. The summed E-state index contributed by atoms with van der Waals surface area (Å²) in [6.45, 7) is 0.279. The molecule has 0 amide bonds. The van der Waals surface area contributed by atoms with Crippen molar-refractivity contribution in [2.45, 2.75) is 13.0 Å². The molecule has 0 unspecified atom stereocenters. The van der Waals surface area contributed by atoms with Crippen LogP contribution in [0.1, 0.15) is 21.5 Å². The second kappa shape index (κ2) is 9.88. The quantitative estimate of drug-likeness (QED) is 0.406. The highest BCUT2D eigenvalue weighted by Crippen LogP contribution is 2.27. The zero-order valence-corrected chi connectivity index (χ0v) is 17.0. The Hall–Kier alpha value is -2.66. The van der Waals surface area contributed by atoms with Crippen LogP contribution in [0, 0.1) is 0 Å². The fourth-order valence-electron chi connectivity index (χ4n) is 2.81. The van der Waals surface area contributed by atoms with Gasteiger partial charge in [0.15, 0.2) is 23.9 Å². The maximum absolute atomic E-state index is 12.5. The van der Waals surface area contributed by atoms with E-state index < -0.39 is 0 Å². The normalized spacial score (nSPS) is 10.0. The number of ether oxygens (including phenoxy) is 2. The molecule has 0 aliphatic carbocycles. The van der Waals surface area contributed by atoms with E-state index in [1.807, 2.05) is 35.2 Å². The third-order valence-electron chi connectivity index (χ3n) is 4.24. The SMILES string of the molecule is COc1ccc(C(=O)C[n+]2ccc(Cc3ccccc3)cc2)cc1OC.[Br-]. The van der Waals surface area contributed by atoms with E-state index in [0.29, 0.717) is 17.1 Å². The average Bonchev–Trinajstić information content (AvgIpc) is 2.69. The first-order chi connectivity index (χ1) is 12.7. The number of rotatable bonds is 7. The van der Waals surface area contributed by atoms with Crippen LogP contribution in [0.3, 0.4) is 0 Å². The molecule has 0 aliphatic rings. The lowest BCUT2D eigenvalue weighted by Crippen LogP contribution is -3.00. The molecule has 5 heteroatoms. The Labute approximate surface area is 170 Å². The summed E-state index contributed by atoms with van der Waals surface area (Å²) in [5, 5.41) is 0. The fraction of sp³-hybridized carbons (Fsp3) is 0.182. The molecular formula is C22H22BrNO3. The Balaban J connectivity index is 0.00000261. The number of carbonyl (C=O) groups excluding carboxylic acids is 1. The van der Waals surface area contributed by atoms with Crippen molar-refractivity contribution in [3.8, 4) is 11.5 Å². The van der Waals surface area contributed by atoms with Crippen LogP contribution in [-0.2, 0) is 13.0 Å². The van der Waals surface area contributed by atoms with Gasteiger partial charge >= 0.3 is 0 Å². The van der Waals surface area contributed by atoms with Crippen LogP contribution in [0.4, 0.5) is 0 Å². The number of benzene rings is 2. The summed E-state index contributed by atoms with van der Waals surface area (Å²) in [6.07, 6.45) is 4.76. The van der Waals surface area contributed by atoms with Crippen LogP contribution in [0.2, 0.25) is 0 Å². The Morgan fingerprint density at radius 1 is 0.852 bits per heavy atom. The summed E-state index contributed by atoms with van der Waals surface area (Å²) >= 11 is 0. The summed E-state index contributed by atoms with van der Waals surface area (Å²) in [5.74, 6) is 1.19. The van der Waals surface area contributed by atoms with Gasteiger partial charge in [0.25, 0.3) is 0 Å². The molecule has 1 aromatic heterocycles. The molecule has 4 nitrogen and oxygen atoms in total. The van der Waals surface area contributed by atoms with Gasteiger partial charge in [-0.05, 0) is 35.7 Å². The van der Waals surface area contributed by atoms with Crippen molar-refractivity contribution in [3.05, 3.63) is 89.7 Å². The lowest BCUT2D eigenvalue weighted by molar-refractivity contribution is -0.683. The van der Waals surface area contributed by atoms with Crippen molar-refractivity contribution < 1.29 is 35.8 Å². The Bertz CT molecular complexity index is 880. The minimum absolute atomic E-state index is 0. The molecule has 2 aromatic carbocycles. The third kappa shape index (κ3) is 5.41. The molecule has 3 aromatic rings. The van der Waals surface area contributed by atoms with Crippen molar-refractivity contribution in [3.63, 3.8) is 0 Å². The molecule has 3 rings (SSSR count). The first kappa shape index (κ1) is 20.6. The van der Waals surface area contributed by atoms with Gasteiger partial charge in [0, 0.05) is 17.7 Å². The number of hydrogen-bond acceptors (Lipinski definition) is 3. The number of methoxy groups -OCH3 is 2. The maximum Gasteiger partial charge on any atom is 0.227 e. The molecule has 0 bridgehead atoms. The van der Waals surface area contributed by atoms with Crippen molar-refractivity contribution in [2.75, 3.05) is 14.2 Å². The van der Waals surface area contributed by atoms with Crippen LogP contribution < -0.4 is 31.0 Å². The highest BCUT2D eigenvalue weighted by Gasteiger charge is 2.15. The molecule has 0 aliphatic heterocycles. The monoisotopic (exact) mass is 427 g/mol. The molecule has 0 N–H and O–H groups in total. The molecule has 140 valence electrons. The second-order valence-electron chi connectivity index (χ2n) is 6.03. The Morgan fingerprint density at radius 2 is 1.48 bits per heavy atom. The van der Waals surface area contributed by atoms with E-state index in [-0.39, 0.29) is 29.3 Å². The molecule has 0 saturated carbocycles. The molecule has 0 fully saturated rings. The Kier molecular flexibility index (Phi) is 7.55. The van der Waals surface area contributed by atoms with Gasteiger partial charge in [0.05, 0.1) is 14.2 Å². The lowest BCUT2D eigenvalue weighted by atomic mass is 10.1. The molecule has 27 heavy (non-hydrogen) atoms. The van der Waals surface area contributed by atoms with Gasteiger partial charge in [-0.15, -0.1) is 0 Å². The average molecular weight is 428 g/mol. The van der Waals surface area contributed by atoms with Crippen molar-refractivity contribution >= 4 is 5.78 Å². The summed E-state index contributed by atoms with van der Waals surface area (Å²) in [5.41, 5.74) is 3.08. The number of Topliss-reactive ketones (excluding diaryl/α,β-unsaturated/α-hetero) is 1. The zero-order valence-electron chi connectivity index (χ0n) is 15.4. The highest BCUT2D eigenvalue weighted by molar-refractivity contribution is 5.95. The van der Waals surface area contributed by atoms with E-state index in [0.717, 1.165) is 6.42 Å². The van der Waals surface area contributed by atoms with Crippen LogP contribution in [-0.4, -0.2) is 20.0 Å². The van der Waals surface area contributed by atoms with E-state index in [9.17, 15) is 4.79 Å². The van der Waals surface area contributed by atoms with E-state index in [1.54, 1.807) is 32.4 Å². The maximum atomic E-state index is 12.5. The zero-order chi connectivity index (χ0) is 18.4. The predicted molar refractivity (Wildman–Crippen MR) is 99.8 cm³/mol. The first-order valence-electron chi connectivity index (χ1n) is 8.46. The number of pyridine rings is 1. The van der Waals surface area contributed by atoms with Gasteiger partial charge in [-0.2, -0.15) is 4.57 Å². The number of aromatic nitrogens is 1. The van der Waals surface area contributed by atoms with Crippen molar-refractivity contribution in [1.29, 1.82) is 0 Å². The highest BCUT2D eigenvalue weighted by atomic mass is 79.9. The molecule has 0 saturated heterocycles. The summed E-state index contributed by atoms with van der Waals surface area (Å²) < 4.78 is 12.4. The van der Waals surface area contributed by atoms with Crippen molar-refractivity contribution in [1.82, 2.24) is 0 Å². The first-order valence-corrected chi connectivity index (χ1v) is 8.46. The van der Waals surface area contributed by atoms with Crippen LogP contribution in [0.25, 0.3) is 0 Å². The standard InChI is InChI=1S/C22H22NO3.BrH/c1-25-21-9-8-19(15-22(21)26-2)20(24)16-23-12-10-18(11-13-23)14-17-6-4-3-5-7-17;/h3-13,15H,14,16H2,1-2H3;1H/q+1;/p-1. The number of ketones is 1. The summed E-state index contributed by atoms with van der Waals surface area (Å²) in [6, 6.07) is 19.6. The Morgan fingerprint density at radius 3 is 2.11 bits per heavy atom. The third-order valence-corrected chi connectivity index (χ3v) is 4.24. The minimum Gasteiger partial charge on any atom is -1.00 e. The number of nitrogens with zero attached hydrogens (tertiary/aromatic N) is 1. The molecule has 1 heterocycles. The van der Waals surface area contributed by atoms with E-state index >= 15 is 0 Å². The molecule has 0 radical (unpaired) electrons. The predicted octanol–water partition coefficient (Wildman–Crippen LogP) is 0.469. The second-order valence-corrected chi connectivity index (χ2v) is 6.03. The summed E-state index contributed by atoms with van der Waals surface area (Å²) in [4.78, 5) is 12.5. The van der Waals surface area contributed by atoms with Crippen LogP contribution in [0.5, 0.6) is 11.5 Å². The smallest absolute Gasteiger partial charge is 0.227 e. The van der Waals surface area contributed by atoms with E-state index in [1.165, 1.54) is 11.1 Å². The van der Waals surface area contributed by atoms with E-state index in [2.05, 4.69) is 24.3 Å². The van der Waals surface area contributed by atoms with E-state index in [4.69, 9.17) is 9.47 Å². The van der Waals surface area contributed by atoms with Gasteiger partial charge < -0.3 is 26.5 Å². The van der Waals surface area contributed by atoms with Gasteiger partial charge in [0.1, 0.15) is 0 Å². The molecule has 0 spiro atoms. The number of carbonyl (C=O) groups is 1. The van der Waals surface area contributed by atoms with Gasteiger partial charge in [-0.3, -0.25) is 4.79 Å². The summed E-state index contributed by atoms with van der Waals surface area (Å²) in [7, 11) is 3.14. The minimum atomic E-state index is 0. The van der Waals surface area contributed by atoms with Gasteiger partial charge in [-0.25, -0.2) is 0 Å². The van der Waals surface area contributed by atoms with Crippen LogP contribution >= 0.6 is 0 Å². The number of halogens is 1. The largest absolute Gasteiger partial charge is 1.00 e. The van der Waals surface area contributed by atoms with Crippen LogP contribution in [0.15, 0.2) is 73.1 Å². The lowest BCUT2D eigenvalue weighted by Gasteiger charge is -2.08. The molecular weight excluding hydrogens is 406 g/mol. The van der Waals surface area contributed by atoms with Gasteiger partial charge in [-0.1, -0.05) is 30.3 Å². The topological polar surface area (TPSA) is 39.4 Å². The van der Waals surface area contributed by atoms with Gasteiger partial charge in [0.2, 0.25) is 12.3 Å². The van der Waals surface area contributed by atoms with Crippen molar-refractivity contribution in [2.24, 2.45) is 0 Å².